The molecule has 1 saturated carbocycles. The van der Waals surface area contributed by atoms with Gasteiger partial charge in [0.15, 0.2) is 0 Å². The molecule has 2 heterocycles. The first-order chi connectivity index (χ1) is 18.4. The van der Waals surface area contributed by atoms with Crippen LogP contribution in [0.4, 0.5) is 19.0 Å². The molecule has 206 valence electrons. The third kappa shape index (κ3) is 5.34. The standard InChI is InChI=1S/C27H30F3N7O2/c1-3-5-21(38)36-9-8-26(15-36)10-19(11-26)37-24(32)22(25(33)39)23(35-37)18(12-31)14-34-13-17-6-4-7-20(16(17)2)27(28,29)30/h4,6-7,12,14,19H,8-11,13,15,31-32H2,1-2H3,(H2,33,39). The Morgan fingerprint density at radius 1 is 1.31 bits per heavy atom. The lowest BCUT2D eigenvalue weighted by molar-refractivity contribution is -0.138. The molecular formula is C27H30F3N7O2. The summed E-state index contributed by atoms with van der Waals surface area (Å²) in [7, 11) is 0. The number of rotatable bonds is 6. The van der Waals surface area contributed by atoms with E-state index in [0.717, 1.165) is 12.5 Å². The van der Waals surface area contributed by atoms with E-state index in [1.807, 2.05) is 0 Å². The number of benzene rings is 1. The summed E-state index contributed by atoms with van der Waals surface area (Å²) in [5.41, 5.74) is 17.8. The van der Waals surface area contributed by atoms with E-state index in [0.29, 0.717) is 31.5 Å². The van der Waals surface area contributed by atoms with Crippen molar-refractivity contribution in [3.05, 3.63) is 52.3 Å². The van der Waals surface area contributed by atoms with Crippen molar-refractivity contribution in [2.75, 3.05) is 18.8 Å². The maximum atomic E-state index is 13.2. The average molecular weight is 542 g/mol. The van der Waals surface area contributed by atoms with Crippen molar-refractivity contribution in [3.8, 4) is 11.8 Å². The first-order valence-corrected chi connectivity index (χ1v) is 12.4. The Labute approximate surface area is 223 Å². The molecule has 2 amide bonds. The third-order valence-electron chi connectivity index (χ3n) is 7.53. The van der Waals surface area contributed by atoms with E-state index in [-0.39, 0.29) is 52.1 Å². The van der Waals surface area contributed by atoms with Crippen molar-refractivity contribution in [1.29, 1.82) is 0 Å². The largest absolute Gasteiger partial charge is 0.416 e. The monoisotopic (exact) mass is 541 g/mol. The minimum absolute atomic E-state index is 0.00389. The Bertz CT molecular complexity index is 1420. The molecule has 4 rings (SSSR count). The summed E-state index contributed by atoms with van der Waals surface area (Å²) >= 11 is 0. The van der Waals surface area contributed by atoms with Crippen LogP contribution >= 0.6 is 0 Å². The zero-order valence-electron chi connectivity index (χ0n) is 21.7. The molecule has 0 bridgehead atoms. The number of likely N-dealkylation sites (tertiary alicyclic amines) is 1. The second-order valence-electron chi connectivity index (χ2n) is 10.0. The highest BCUT2D eigenvalue weighted by Crippen LogP contribution is 2.54. The number of hydrogen-bond donors (Lipinski definition) is 3. The van der Waals surface area contributed by atoms with Gasteiger partial charge in [0.2, 0.25) is 0 Å². The smallest absolute Gasteiger partial charge is 0.404 e. The van der Waals surface area contributed by atoms with E-state index in [4.69, 9.17) is 17.2 Å². The van der Waals surface area contributed by atoms with Crippen LogP contribution in [0, 0.1) is 24.2 Å². The number of nitrogens with zero attached hydrogens (tertiary/aromatic N) is 4. The summed E-state index contributed by atoms with van der Waals surface area (Å²) < 4.78 is 41.3. The summed E-state index contributed by atoms with van der Waals surface area (Å²) in [5.74, 6) is 4.33. The first-order valence-electron chi connectivity index (χ1n) is 12.4. The maximum Gasteiger partial charge on any atom is 0.416 e. The number of allylic oxidation sites excluding steroid dienone is 1. The van der Waals surface area contributed by atoms with Gasteiger partial charge in [-0.25, -0.2) is 4.68 Å². The second kappa shape index (κ2) is 10.5. The highest BCUT2D eigenvalue weighted by molar-refractivity contribution is 6.14. The number of aromatic nitrogens is 2. The Morgan fingerprint density at radius 2 is 2.03 bits per heavy atom. The number of carbonyl (C=O) groups excluding carboxylic acids is 2. The molecule has 1 aromatic heterocycles. The molecule has 1 aliphatic carbocycles. The molecule has 39 heavy (non-hydrogen) atoms. The van der Waals surface area contributed by atoms with Gasteiger partial charge in [0.1, 0.15) is 17.1 Å². The third-order valence-corrected chi connectivity index (χ3v) is 7.53. The van der Waals surface area contributed by atoms with Gasteiger partial charge >= 0.3 is 6.18 Å². The summed E-state index contributed by atoms with van der Waals surface area (Å²) in [6, 6.07) is 3.81. The Kier molecular flexibility index (Phi) is 7.46. The van der Waals surface area contributed by atoms with Crippen molar-refractivity contribution in [2.24, 2.45) is 21.9 Å². The molecule has 2 aromatic rings. The van der Waals surface area contributed by atoms with E-state index in [1.165, 1.54) is 25.4 Å². The van der Waals surface area contributed by atoms with Crippen molar-refractivity contribution in [1.82, 2.24) is 14.7 Å². The van der Waals surface area contributed by atoms with Crippen LogP contribution in [0.15, 0.2) is 29.4 Å². The number of nitrogens with two attached hydrogens (primary N) is 3. The van der Waals surface area contributed by atoms with E-state index >= 15 is 0 Å². The van der Waals surface area contributed by atoms with Crippen LogP contribution in [-0.2, 0) is 17.5 Å². The maximum absolute atomic E-state index is 13.2. The number of amides is 2. The molecule has 1 spiro atoms. The van der Waals surface area contributed by atoms with E-state index < -0.39 is 17.6 Å². The number of halogens is 3. The predicted octanol–water partition coefficient (Wildman–Crippen LogP) is 3.04. The van der Waals surface area contributed by atoms with Gasteiger partial charge in [-0.15, -0.1) is 0 Å². The van der Waals surface area contributed by atoms with E-state index in [9.17, 15) is 22.8 Å². The second-order valence-corrected chi connectivity index (χ2v) is 10.0. The molecule has 12 heteroatoms. The number of alkyl halides is 3. The van der Waals surface area contributed by atoms with Gasteiger partial charge in [0, 0.05) is 31.1 Å². The predicted molar refractivity (Wildman–Crippen MR) is 141 cm³/mol. The molecule has 6 N–H and O–H groups in total. The lowest BCUT2D eigenvalue weighted by atomic mass is 9.65. The van der Waals surface area contributed by atoms with Gasteiger partial charge < -0.3 is 22.1 Å². The Hall–Kier alpha value is -4.27. The van der Waals surface area contributed by atoms with Crippen LogP contribution in [0.5, 0.6) is 0 Å². The topological polar surface area (TPSA) is 146 Å². The molecule has 1 aromatic carbocycles. The van der Waals surface area contributed by atoms with Gasteiger partial charge in [-0.1, -0.05) is 18.1 Å². The van der Waals surface area contributed by atoms with Gasteiger partial charge in [-0.3, -0.25) is 14.6 Å². The van der Waals surface area contributed by atoms with Crippen LogP contribution < -0.4 is 17.2 Å². The van der Waals surface area contributed by atoms with Crippen molar-refractivity contribution in [2.45, 2.75) is 51.9 Å². The summed E-state index contributed by atoms with van der Waals surface area (Å²) in [6.45, 7) is 4.21. The normalized spacial score (nSPS) is 21.2. The summed E-state index contributed by atoms with van der Waals surface area (Å²) in [4.78, 5) is 30.5. The van der Waals surface area contributed by atoms with E-state index in [2.05, 4.69) is 21.9 Å². The molecular weight excluding hydrogens is 511 g/mol. The Morgan fingerprint density at radius 3 is 2.64 bits per heavy atom. The van der Waals surface area contributed by atoms with Crippen LogP contribution in [0.25, 0.3) is 5.57 Å². The fourth-order valence-electron chi connectivity index (χ4n) is 5.50. The molecule has 1 aliphatic heterocycles. The molecule has 0 radical (unpaired) electrons. The first kappa shape index (κ1) is 27.8. The number of anilines is 1. The Balaban J connectivity index is 1.53. The van der Waals surface area contributed by atoms with Crippen LogP contribution in [0.1, 0.15) is 65.0 Å². The molecule has 1 saturated heterocycles. The van der Waals surface area contributed by atoms with Crippen LogP contribution in [-0.4, -0.2) is 45.8 Å². The molecule has 0 unspecified atom stereocenters. The SMILES string of the molecule is CC#CC(=O)N1CCC2(CC(n3nc(C(C=NCc4cccc(C(F)(F)F)c4C)=CN)c(C(N)=O)c3N)C2)C1. The number of hydrogen-bond acceptors (Lipinski definition) is 6. The van der Waals surface area contributed by atoms with E-state index in [1.54, 1.807) is 22.6 Å². The lowest BCUT2D eigenvalue weighted by Crippen LogP contribution is -2.42. The molecule has 9 nitrogen and oxygen atoms in total. The van der Waals surface area contributed by atoms with Gasteiger partial charge in [-0.2, -0.15) is 18.3 Å². The lowest BCUT2D eigenvalue weighted by Gasteiger charge is -2.45. The van der Waals surface area contributed by atoms with Crippen LogP contribution in [0.3, 0.4) is 0 Å². The molecule has 2 aliphatic rings. The van der Waals surface area contributed by atoms with Crippen molar-refractivity contribution in [3.63, 3.8) is 0 Å². The molecule has 2 fully saturated rings. The van der Waals surface area contributed by atoms with Gasteiger partial charge in [0.05, 0.1) is 18.2 Å². The van der Waals surface area contributed by atoms with Gasteiger partial charge in [-0.05, 0) is 61.6 Å². The minimum atomic E-state index is -4.47. The minimum Gasteiger partial charge on any atom is -0.404 e. The summed E-state index contributed by atoms with van der Waals surface area (Å²) in [5, 5.41) is 4.55. The van der Waals surface area contributed by atoms with Crippen molar-refractivity contribution >= 4 is 29.4 Å². The fourth-order valence-corrected chi connectivity index (χ4v) is 5.50. The quantitative estimate of drug-likeness (QED) is 0.380. The molecule has 0 atom stereocenters. The average Bonchev–Trinajstić information content (AvgIpc) is 3.43. The number of aliphatic imine (C=N–C) groups is 1. The zero-order valence-corrected chi connectivity index (χ0v) is 21.7. The highest BCUT2D eigenvalue weighted by atomic mass is 19.4. The highest BCUT2D eigenvalue weighted by Gasteiger charge is 2.51. The van der Waals surface area contributed by atoms with Crippen molar-refractivity contribution < 1.29 is 22.8 Å². The van der Waals surface area contributed by atoms with Crippen LogP contribution in [0.2, 0.25) is 0 Å². The number of carbonyl (C=O) groups is 2. The summed E-state index contributed by atoms with van der Waals surface area (Å²) in [6.07, 6.45) is 0.332. The van der Waals surface area contributed by atoms with Gasteiger partial charge in [0.25, 0.3) is 11.8 Å². The fraction of sp³-hybridized carbons (Fsp3) is 0.407. The number of nitrogen functional groups attached to an aromatic ring is 1. The zero-order chi connectivity index (χ0) is 28.5. The number of primary amides is 1.